The van der Waals surface area contributed by atoms with Gasteiger partial charge in [0.1, 0.15) is 17.8 Å². The average molecular weight is 373 g/mol. The largest absolute Gasteiger partial charge is 0.417 e. The van der Waals surface area contributed by atoms with Crippen LogP contribution in [0.25, 0.3) is 0 Å². The van der Waals surface area contributed by atoms with E-state index in [4.69, 9.17) is 11.6 Å². The van der Waals surface area contributed by atoms with Crippen molar-refractivity contribution in [2.24, 2.45) is 5.92 Å². The Morgan fingerprint density at radius 3 is 2.60 bits per heavy atom. The maximum atomic E-state index is 12.9. The zero-order valence-corrected chi connectivity index (χ0v) is 14.2. The Morgan fingerprint density at radius 2 is 1.96 bits per heavy atom. The topological polar surface area (TPSA) is 66.9 Å². The highest BCUT2D eigenvalue weighted by Crippen LogP contribution is 2.36. The summed E-state index contributed by atoms with van der Waals surface area (Å²) in [7, 11) is 0. The second-order valence-electron chi connectivity index (χ2n) is 5.71. The second-order valence-corrected chi connectivity index (χ2v) is 6.12. The molecule has 2 aromatic rings. The fourth-order valence-electron chi connectivity index (χ4n) is 1.91. The van der Waals surface area contributed by atoms with Crippen molar-refractivity contribution in [3.05, 3.63) is 46.9 Å². The molecule has 25 heavy (non-hydrogen) atoms. The molecule has 0 bridgehead atoms. The molecular weight excluding hydrogens is 357 g/mol. The number of carbonyl (C=O) groups excluding carboxylic acids is 1. The van der Waals surface area contributed by atoms with Gasteiger partial charge in [-0.05, 0) is 24.1 Å². The zero-order chi connectivity index (χ0) is 18.6. The average Bonchev–Trinajstić information content (AvgIpc) is 2.53. The summed E-state index contributed by atoms with van der Waals surface area (Å²) in [6, 6.07) is 4.77. The molecule has 5 nitrogen and oxygen atoms in total. The summed E-state index contributed by atoms with van der Waals surface area (Å²) in [6.45, 7) is 4.38. The van der Waals surface area contributed by atoms with Gasteiger partial charge in [0.25, 0.3) is 5.91 Å². The first-order valence-electron chi connectivity index (χ1n) is 7.41. The Kier molecular flexibility index (Phi) is 5.84. The summed E-state index contributed by atoms with van der Waals surface area (Å²) in [6.07, 6.45) is -3.41. The summed E-state index contributed by atoms with van der Waals surface area (Å²) < 4.78 is 38.7. The molecule has 9 heteroatoms. The van der Waals surface area contributed by atoms with Gasteiger partial charge in [-0.25, -0.2) is 9.97 Å². The maximum absolute atomic E-state index is 12.9. The molecular formula is C16H16ClF3N4O. The van der Waals surface area contributed by atoms with Gasteiger partial charge in [-0.2, -0.15) is 13.2 Å². The number of nitrogens with zero attached hydrogens (tertiary/aromatic N) is 2. The van der Waals surface area contributed by atoms with E-state index in [2.05, 4.69) is 20.6 Å². The van der Waals surface area contributed by atoms with Crippen molar-refractivity contribution < 1.29 is 18.0 Å². The molecule has 0 aliphatic rings. The van der Waals surface area contributed by atoms with Gasteiger partial charge in [0.15, 0.2) is 0 Å². The van der Waals surface area contributed by atoms with Crippen LogP contribution in [0.5, 0.6) is 0 Å². The van der Waals surface area contributed by atoms with Gasteiger partial charge in [-0.3, -0.25) is 4.79 Å². The van der Waals surface area contributed by atoms with E-state index in [0.29, 0.717) is 6.54 Å². The number of carbonyl (C=O) groups is 1. The summed E-state index contributed by atoms with van der Waals surface area (Å²) >= 11 is 5.58. The lowest BCUT2D eigenvalue weighted by Gasteiger charge is -2.12. The van der Waals surface area contributed by atoms with E-state index in [1.807, 2.05) is 13.8 Å². The standard InChI is InChI=1S/C16H16ClF3N4O/c1-9(2)7-21-15(25)13-6-14(23-8-22-13)24-10-3-4-12(17)11(5-10)16(18,19)20/h3-6,8-9H,7H2,1-2H3,(H,21,25)(H,22,23,24). The second kappa shape index (κ2) is 7.69. The predicted octanol–water partition coefficient (Wildman–Crippen LogP) is 4.28. The fourth-order valence-corrected chi connectivity index (χ4v) is 2.13. The first-order chi connectivity index (χ1) is 11.7. The highest BCUT2D eigenvalue weighted by Gasteiger charge is 2.33. The minimum atomic E-state index is -4.57. The first kappa shape index (κ1) is 19.0. The summed E-state index contributed by atoms with van der Waals surface area (Å²) in [4.78, 5) is 19.8. The van der Waals surface area contributed by atoms with Crippen LogP contribution >= 0.6 is 11.6 Å². The molecule has 0 unspecified atom stereocenters. The molecule has 2 N–H and O–H groups in total. The molecule has 0 spiro atoms. The van der Waals surface area contributed by atoms with Crippen LogP contribution in [0, 0.1) is 5.92 Å². The molecule has 134 valence electrons. The van der Waals surface area contributed by atoms with E-state index in [9.17, 15) is 18.0 Å². The highest BCUT2D eigenvalue weighted by molar-refractivity contribution is 6.31. The van der Waals surface area contributed by atoms with Gasteiger partial charge in [0.05, 0.1) is 10.6 Å². The molecule has 1 heterocycles. The molecule has 0 saturated carbocycles. The van der Waals surface area contributed by atoms with Crippen molar-refractivity contribution in [1.82, 2.24) is 15.3 Å². The fraction of sp³-hybridized carbons (Fsp3) is 0.312. The normalized spacial score (nSPS) is 11.5. The van der Waals surface area contributed by atoms with E-state index in [-0.39, 0.29) is 29.0 Å². The lowest BCUT2D eigenvalue weighted by atomic mass is 10.2. The molecule has 0 saturated heterocycles. The number of alkyl halides is 3. The number of aromatic nitrogens is 2. The number of amides is 1. The molecule has 1 aromatic heterocycles. The van der Waals surface area contributed by atoms with Gasteiger partial charge < -0.3 is 10.6 Å². The van der Waals surface area contributed by atoms with Gasteiger partial charge >= 0.3 is 6.18 Å². The van der Waals surface area contributed by atoms with Crippen LogP contribution < -0.4 is 10.6 Å². The number of rotatable bonds is 5. The highest BCUT2D eigenvalue weighted by atomic mass is 35.5. The van der Waals surface area contributed by atoms with Crippen molar-refractivity contribution in [2.45, 2.75) is 20.0 Å². The number of halogens is 4. The molecule has 0 radical (unpaired) electrons. The molecule has 0 fully saturated rings. The Labute approximate surface area is 147 Å². The molecule has 0 atom stereocenters. The van der Waals surface area contributed by atoms with E-state index >= 15 is 0 Å². The van der Waals surface area contributed by atoms with E-state index < -0.39 is 16.8 Å². The number of nitrogens with one attached hydrogen (secondary N) is 2. The summed E-state index contributed by atoms with van der Waals surface area (Å²) in [5.74, 6) is 0.0876. The third-order valence-corrected chi connectivity index (χ3v) is 3.44. The summed E-state index contributed by atoms with van der Waals surface area (Å²) in [5.41, 5.74) is -0.699. The maximum Gasteiger partial charge on any atom is 0.417 e. The van der Waals surface area contributed by atoms with Crippen LogP contribution in [0.4, 0.5) is 24.7 Å². The van der Waals surface area contributed by atoms with Gasteiger partial charge in [-0.15, -0.1) is 0 Å². The molecule has 2 rings (SSSR count). The first-order valence-corrected chi connectivity index (χ1v) is 7.78. The van der Waals surface area contributed by atoms with Crippen molar-refractivity contribution >= 4 is 29.0 Å². The lowest BCUT2D eigenvalue weighted by Crippen LogP contribution is -2.28. The predicted molar refractivity (Wildman–Crippen MR) is 88.9 cm³/mol. The Balaban J connectivity index is 2.19. The molecule has 0 aliphatic heterocycles. The van der Waals surface area contributed by atoms with Crippen molar-refractivity contribution in [3.63, 3.8) is 0 Å². The van der Waals surface area contributed by atoms with Crippen molar-refractivity contribution in [2.75, 3.05) is 11.9 Å². The third-order valence-electron chi connectivity index (χ3n) is 3.11. The zero-order valence-electron chi connectivity index (χ0n) is 13.5. The van der Waals surface area contributed by atoms with E-state index in [1.165, 1.54) is 12.1 Å². The Hall–Kier alpha value is -2.35. The Bertz CT molecular complexity index is 765. The van der Waals surface area contributed by atoms with Crippen molar-refractivity contribution in [1.29, 1.82) is 0 Å². The van der Waals surface area contributed by atoms with Crippen LogP contribution in [0.1, 0.15) is 29.9 Å². The minimum absolute atomic E-state index is 0.114. The summed E-state index contributed by atoms with van der Waals surface area (Å²) in [5, 5.41) is 5.02. The quantitative estimate of drug-likeness (QED) is 0.822. The number of hydrogen-bond donors (Lipinski definition) is 2. The van der Waals surface area contributed by atoms with Crippen molar-refractivity contribution in [3.8, 4) is 0 Å². The number of anilines is 2. The molecule has 1 amide bonds. The Morgan fingerprint density at radius 1 is 1.24 bits per heavy atom. The van der Waals surface area contributed by atoms with Gasteiger partial charge in [0, 0.05) is 18.3 Å². The SMILES string of the molecule is CC(C)CNC(=O)c1cc(Nc2ccc(Cl)c(C(F)(F)F)c2)ncn1. The van der Waals surface area contributed by atoms with E-state index in [0.717, 1.165) is 18.5 Å². The monoisotopic (exact) mass is 372 g/mol. The lowest BCUT2D eigenvalue weighted by molar-refractivity contribution is -0.137. The van der Waals surface area contributed by atoms with Crippen LogP contribution in [0.15, 0.2) is 30.6 Å². The molecule has 0 aliphatic carbocycles. The van der Waals surface area contributed by atoms with Gasteiger partial charge in [-0.1, -0.05) is 25.4 Å². The smallest absolute Gasteiger partial charge is 0.350 e. The minimum Gasteiger partial charge on any atom is -0.350 e. The number of hydrogen-bond acceptors (Lipinski definition) is 4. The number of benzene rings is 1. The van der Waals surface area contributed by atoms with Crippen LogP contribution in [0.2, 0.25) is 5.02 Å². The molecule has 1 aromatic carbocycles. The van der Waals surface area contributed by atoms with Crippen LogP contribution in [0.3, 0.4) is 0 Å². The van der Waals surface area contributed by atoms with E-state index in [1.54, 1.807) is 0 Å². The van der Waals surface area contributed by atoms with Crippen LogP contribution in [-0.2, 0) is 6.18 Å². The van der Waals surface area contributed by atoms with Gasteiger partial charge in [0.2, 0.25) is 0 Å². The van der Waals surface area contributed by atoms with Crippen LogP contribution in [-0.4, -0.2) is 22.4 Å². The third kappa shape index (κ3) is 5.32.